The minimum atomic E-state index is -0.344. The van der Waals surface area contributed by atoms with Gasteiger partial charge in [-0.25, -0.2) is 19.6 Å². The lowest BCUT2D eigenvalue weighted by Gasteiger charge is -2.08. The fourth-order valence-corrected chi connectivity index (χ4v) is 2.34. The van der Waals surface area contributed by atoms with Gasteiger partial charge in [0, 0.05) is 11.9 Å². The van der Waals surface area contributed by atoms with Gasteiger partial charge in [0.05, 0.1) is 30.9 Å². The zero-order valence-electron chi connectivity index (χ0n) is 14.4. The van der Waals surface area contributed by atoms with Gasteiger partial charge >= 0.3 is 0 Å². The summed E-state index contributed by atoms with van der Waals surface area (Å²) in [4.78, 5) is 24.9. The molecule has 1 N–H and O–H groups in total. The van der Waals surface area contributed by atoms with Gasteiger partial charge in [-0.05, 0) is 38.5 Å². The van der Waals surface area contributed by atoms with E-state index in [0.717, 1.165) is 17.0 Å². The van der Waals surface area contributed by atoms with E-state index in [2.05, 4.69) is 25.4 Å². The predicted molar refractivity (Wildman–Crippen MR) is 92.1 cm³/mol. The van der Waals surface area contributed by atoms with Gasteiger partial charge in [-0.15, -0.1) is 0 Å². The lowest BCUT2D eigenvalue weighted by molar-refractivity contribution is 0.102. The van der Waals surface area contributed by atoms with Gasteiger partial charge in [0.15, 0.2) is 0 Å². The summed E-state index contributed by atoms with van der Waals surface area (Å²) in [5.74, 6) is 0.365. The lowest BCUT2D eigenvalue weighted by Crippen LogP contribution is -2.14. The fourth-order valence-electron chi connectivity index (χ4n) is 2.34. The Bertz CT molecular complexity index is 917. The molecule has 0 aliphatic rings. The van der Waals surface area contributed by atoms with Crippen LogP contribution in [-0.2, 0) is 0 Å². The Morgan fingerprint density at radius 2 is 1.88 bits per heavy atom. The molecule has 0 aliphatic carbocycles. The van der Waals surface area contributed by atoms with Crippen LogP contribution in [0.2, 0.25) is 0 Å². The Balaban J connectivity index is 1.81. The number of hydrogen-bond acceptors (Lipinski definition) is 6. The molecule has 3 heterocycles. The van der Waals surface area contributed by atoms with Gasteiger partial charge in [-0.3, -0.25) is 4.79 Å². The molecule has 0 saturated heterocycles. The highest BCUT2D eigenvalue weighted by Gasteiger charge is 2.14. The molecular weight excluding hydrogens is 320 g/mol. The minimum Gasteiger partial charge on any atom is -0.480 e. The van der Waals surface area contributed by atoms with Crippen molar-refractivity contribution in [2.75, 3.05) is 12.4 Å². The van der Waals surface area contributed by atoms with Crippen LogP contribution in [0.3, 0.4) is 0 Å². The summed E-state index contributed by atoms with van der Waals surface area (Å²) in [5.41, 5.74) is 3.82. The average molecular weight is 338 g/mol. The Morgan fingerprint density at radius 3 is 2.48 bits per heavy atom. The van der Waals surface area contributed by atoms with Crippen LogP contribution in [-0.4, -0.2) is 37.7 Å². The van der Waals surface area contributed by atoms with Crippen molar-refractivity contribution in [3.8, 4) is 11.8 Å². The molecule has 0 fully saturated rings. The van der Waals surface area contributed by atoms with Crippen LogP contribution in [0.15, 0.2) is 30.7 Å². The molecule has 0 spiro atoms. The molecule has 0 atom stereocenters. The molecule has 0 unspecified atom stereocenters. The van der Waals surface area contributed by atoms with E-state index < -0.39 is 0 Å². The molecule has 8 nitrogen and oxygen atoms in total. The fraction of sp³-hybridized carbons (Fsp3) is 0.235. The van der Waals surface area contributed by atoms with Crippen molar-refractivity contribution in [2.45, 2.75) is 20.8 Å². The molecule has 3 rings (SSSR count). The summed E-state index contributed by atoms with van der Waals surface area (Å²) >= 11 is 0. The summed E-state index contributed by atoms with van der Waals surface area (Å²) in [6.45, 7) is 5.90. The Labute approximate surface area is 144 Å². The zero-order chi connectivity index (χ0) is 18.0. The number of aryl methyl sites for hydroxylation is 1. The quantitative estimate of drug-likeness (QED) is 0.784. The molecule has 128 valence electrons. The number of anilines is 1. The molecule has 3 aromatic rings. The zero-order valence-corrected chi connectivity index (χ0v) is 14.4. The summed E-state index contributed by atoms with van der Waals surface area (Å²) in [5, 5.41) is 7.15. The van der Waals surface area contributed by atoms with Gasteiger partial charge in [0.2, 0.25) is 5.88 Å². The van der Waals surface area contributed by atoms with Crippen molar-refractivity contribution in [3.05, 3.63) is 53.2 Å². The van der Waals surface area contributed by atoms with Crippen LogP contribution >= 0.6 is 0 Å². The first kappa shape index (κ1) is 16.6. The molecule has 25 heavy (non-hydrogen) atoms. The number of ether oxygens (including phenoxy) is 1. The van der Waals surface area contributed by atoms with Crippen molar-refractivity contribution >= 4 is 11.6 Å². The maximum atomic E-state index is 12.3. The van der Waals surface area contributed by atoms with E-state index in [-0.39, 0.29) is 11.8 Å². The number of carbonyl (C=O) groups excluding carboxylic acids is 1. The van der Waals surface area contributed by atoms with E-state index in [4.69, 9.17) is 4.74 Å². The van der Waals surface area contributed by atoms with Gasteiger partial charge < -0.3 is 10.1 Å². The van der Waals surface area contributed by atoms with E-state index >= 15 is 0 Å². The van der Waals surface area contributed by atoms with Gasteiger partial charge in [0.1, 0.15) is 5.56 Å². The number of carbonyl (C=O) groups is 1. The Hall–Kier alpha value is -3.29. The summed E-state index contributed by atoms with van der Waals surface area (Å²) in [7, 11) is 1.47. The monoisotopic (exact) mass is 338 g/mol. The molecule has 0 saturated carbocycles. The van der Waals surface area contributed by atoms with Crippen LogP contribution < -0.4 is 10.1 Å². The summed E-state index contributed by atoms with van der Waals surface area (Å²) < 4.78 is 6.77. The molecule has 3 aromatic heterocycles. The minimum absolute atomic E-state index is 0.260. The summed E-state index contributed by atoms with van der Waals surface area (Å²) in [6.07, 6.45) is 4.63. The molecule has 0 aliphatic heterocycles. The second-order valence-corrected chi connectivity index (χ2v) is 5.49. The second kappa shape index (κ2) is 6.68. The first-order chi connectivity index (χ1) is 12.0. The maximum absolute atomic E-state index is 12.3. The molecule has 0 radical (unpaired) electrons. The van der Waals surface area contributed by atoms with Crippen LogP contribution in [0, 0.1) is 20.8 Å². The van der Waals surface area contributed by atoms with Crippen molar-refractivity contribution in [1.29, 1.82) is 0 Å². The number of aromatic nitrogens is 5. The molecule has 8 heteroatoms. The van der Waals surface area contributed by atoms with Gasteiger partial charge in [-0.2, -0.15) is 5.10 Å². The van der Waals surface area contributed by atoms with Crippen LogP contribution in [0.5, 0.6) is 5.88 Å². The Morgan fingerprint density at radius 1 is 1.16 bits per heavy atom. The first-order valence-corrected chi connectivity index (χ1v) is 7.67. The highest BCUT2D eigenvalue weighted by atomic mass is 16.5. The smallest absolute Gasteiger partial charge is 0.261 e. The highest BCUT2D eigenvalue weighted by molar-refractivity contribution is 6.05. The van der Waals surface area contributed by atoms with E-state index in [1.54, 1.807) is 23.0 Å². The third kappa shape index (κ3) is 3.18. The third-order valence-electron chi connectivity index (χ3n) is 3.95. The highest BCUT2D eigenvalue weighted by Crippen LogP contribution is 2.17. The van der Waals surface area contributed by atoms with E-state index in [1.807, 2.05) is 20.8 Å². The predicted octanol–water partition coefficient (Wildman–Crippen LogP) is 2.24. The molecule has 0 bridgehead atoms. The largest absolute Gasteiger partial charge is 0.480 e. The van der Waals surface area contributed by atoms with E-state index in [9.17, 15) is 4.79 Å². The van der Waals surface area contributed by atoms with Crippen molar-refractivity contribution in [3.63, 3.8) is 0 Å². The normalized spacial score (nSPS) is 10.6. The number of nitrogens with zero attached hydrogens (tertiary/aromatic N) is 5. The summed E-state index contributed by atoms with van der Waals surface area (Å²) in [6, 6.07) is 3.30. The van der Waals surface area contributed by atoms with Crippen LogP contribution in [0.1, 0.15) is 27.3 Å². The molecular formula is C17H18N6O2. The third-order valence-corrected chi connectivity index (χ3v) is 3.95. The van der Waals surface area contributed by atoms with Crippen molar-refractivity contribution in [2.24, 2.45) is 0 Å². The number of hydrogen-bond donors (Lipinski definition) is 1. The van der Waals surface area contributed by atoms with E-state index in [1.165, 1.54) is 19.5 Å². The van der Waals surface area contributed by atoms with Crippen LogP contribution in [0.4, 0.5) is 5.69 Å². The number of amides is 1. The van der Waals surface area contributed by atoms with Gasteiger partial charge in [-0.1, -0.05) is 0 Å². The van der Waals surface area contributed by atoms with Gasteiger partial charge in [0.25, 0.3) is 11.9 Å². The van der Waals surface area contributed by atoms with Crippen molar-refractivity contribution in [1.82, 2.24) is 24.7 Å². The standard InChI is InChI=1S/C17H18N6O2/c1-10-11(2)22-23(12(10)3)17-19-8-13(9-20-17)21-15(24)14-6-5-7-18-16(14)25-4/h5-9H,1-4H3,(H,21,24). The SMILES string of the molecule is COc1ncccc1C(=O)Nc1cnc(-n2nc(C)c(C)c2C)nc1. The molecule has 0 aromatic carbocycles. The second-order valence-electron chi connectivity index (χ2n) is 5.49. The first-order valence-electron chi connectivity index (χ1n) is 7.67. The number of methoxy groups -OCH3 is 1. The number of rotatable bonds is 4. The van der Waals surface area contributed by atoms with E-state index in [0.29, 0.717) is 17.2 Å². The average Bonchev–Trinajstić information content (AvgIpc) is 2.89. The molecule has 1 amide bonds. The number of nitrogens with one attached hydrogen (secondary N) is 1. The maximum Gasteiger partial charge on any atom is 0.261 e. The van der Waals surface area contributed by atoms with Crippen LogP contribution in [0.25, 0.3) is 5.95 Å². The van der Waals surface area contributed by atoms with Crippen molar-refractivity contribution < 1.29 is 9.53 Å². The number of pyridine rings is 1. The topological polar surface area (TPSA) is 94.8 Å². The Kier molecular flexibility index (Phi) is 4.42. The lowest BCUT2D eigenvalue weighted by atomic mass is 10.2.